The molecule has 4 atom stereocenters. The fourth-order valence-corrected chi connectivity index (χ4v) is 6.65. The van der Waals surface area contributed by atoms with Gasteiger partial charge in [0, 0.05) is 43.6 Å². The highest BCUT2D eigenvalue weighted by atomic mass is 16.6. The number of carbonyl (C=O) groups excluding carboxylic acids is 4. The first-order chi connectivity index (χ1) is 18.6. The van der Waals surface area contributed by atoms with Gasteiger partial charge in [0.05, 0.1) is 20.3 Å². The summed E-state index contributed by atoms with van der Waals surface area (Å²) in [6, 6.07) is 0. The summed E-state index contributed by atoms with van der Waals surface area (Å²) in [7, 11) is 1.32. The van der Waals surface area contributed by atoms with Crippen LogP contribution < -0.4 is 0 Å². The highest BCUT2D eigenvalue weighted by Gasteiger charge is 2.74. The van der Waals surface area contributed by atoms with Gasteiger partial charge in [-0.2, -0.15) is 0 Å². The predicted molar refractivity (Wildman–Crippen MR) is 139 cm³/mol. The van der Waals surface area contributed by atoms with Crippen LogP contribution in [0.1, 0.15) is 52.9 Å². The summed E-state index contributed by atoms with van der Waals surface area (Å²) in [5.41, 5.74) is -2.40. The Hall–Kier alpha value is -2.98. The van der Waals surface area contributed by atoms with Gasteiger partial charge in [-0.3, -0.25) is 14.5 Å². The zero-order valence-electron chi connectivity index (χ0n) is 23.3. The molecule has 0 radical (unpaired) electrons. The van der Waals surface area contributed by atoms with Crippen molar-refractivity contribution in [1.29, 1.82) is 0 Å². The summed E-state index contributed by atoms with van der Waals surface area (Å²) in [5.74, 6) is -2.13. The molecule has 3 fully saturated rings. The van der Waals surface area contributed by atoms with Gasteiger partial charge in [-0.1, -0.05) is 18.2 Å². The molecular formula is C29H39NO9. The lowest BCUT2D eigenvalue weighted by Crippen LogP contribution is -2.65. The van der Waals surface area contributed by atoms with Crippen LogP contribution in [-0.2, 0) is 42.9 Å². The molecule has 0 aromatic heterocycles. The Morgan fingerprint density at radius 1 is 1.18 bits per heavy atom. The highest BCUT2D eigenvalue weighted by Crippen LogP contribution is 2.65. The topological polar surface area (TPSA) is 118 Å². The molecule has 0 amide bonds. The quantitative estimate of drug-likeness (QED) is 0.195. The van der Waals surface area contributed by atoms with Gasteiger partial charge < -0.3 is 23.7 Å². The first-order valence-corrected chi connectivity index (χ1v) is 13.6. The fraction of sp³-hybridized carbons (Fsp3) is 0.655. The average Bonchev–Trinajstić information content (AvgIpc) is 3.05. The van der Waals surface area contributed by atoms with Gasteiger partial charge in [-0.15, -0.1) is 0 Å². The van der Waals surface area contributed by atoms with E-state index in [-0.39, 0.29) is 12.3 Å². The molecule has 4 aliphatic rings. The van der Waals surface area contributed by atoms with E-state index in [0.717, 1.165) is 13.1 Å². The van der Waals surface area contributed by atoms with E-state index in [9.17, 15) is 19.2 Å². The third-order valence-electron chi connectivity index (χ3n) is 8.70. The maximum atomic E-state index is 13.7. The van der Waals surface area contributed by atoms with Crippen molar-refractivity contribution in [3.63, 3.8) is 0 Å². The number of hydrogen-bond donors (Lipinski definition) is 0. The number of morpholine rings is 1. The Bertz CT molecular complexity index is 1090. The lowest BCUT2D eigenvalue weighted by atomic mass is 9.62. The van der Waals surface area contributed by atoms with Crippen molar-refractivity contribution >= 4 is 23.9 Å². The van der Waals surface area contributed by atoms with Crippen molar-refractivity contribution in [3.8, 4) is 0 Å². The van der Waals surface area contributed by atoms with E-state index in [2.05, 4.69) is 4.90 Å². The highest BCUT2D eigenvalue weighted by molar-refractivity contribution is 5.90. The van der Waals surface area contributed by atoms with Crippen LogP contribution in [0.5, 0.6) is 0 Å². The largest absolute Gasteiger partial charge is 0.466 e. The first-order valence-electron chi connectivity index (χ1n) is 13.6. The summed E-state index contributed by atoms with van der Waals surface area (Å²) >= 11 is 0. The van der Waals surface area contributed by atoms with Crippen molar-refractivity contribution in [1.82, 2.24) is 4.90 Å². The second-order valence-electron chi connectivity index (χ2n) is 11.0. The molecule has 0 spiro atoms. The minimum absolute atomic E-state index is 0.231. The molecule has 2 aliphatic heterocycles. The standard InChI is InChI=1S/C29H39NO9/c1-20(24(32)37-19-16-30-14-17-36-18-15-30)6-5-10-27(3)23-9-12-28(26(34)39-27)11-7-22(25(33)35-4)8-13-29(23,28)38-21(2)31/h5-7,10,23H,8-9,11-19H2,1-4H3/b10-5+,20-6+/t23-,27+,28+,29-/m0/s1. The fourth-order valence-electron chi connectivity index (χ4n) is 6.65. The lowest BCUT2D eigenvalue weighted by molar-refractivity contribution is -0.235. The van der Waals surface area contributed by atoms with Gasteiger partial charge in [0.15, 0.2) is 0 Å². The monoisotopic (exact) mass is 545 g/mol. The van der Waals surface area contributed by atoms with Crippen LogP contribution >= 0.6 is 0 Å². The Morgan fingerprint density at radius 2 is 1.92 bits per heavy atom. The Morgan fingerprint density at radius 3 is 2.62 bits per heavy atom. The van der Waals surface area contributed by atoms with Crippen LogP contribution in [0.3, 0.4) is 0 Å². The van der Waals surface area contributed by atoms with Gasteiger partial charge in [-0.25, -0.2) is 9.59 Å². The minimum Gasteiger partial charge on any atom is -0.466 e. The van der Waals surface area contributed by atoms with Crippen molar-refractivity contribution in [2.45, 2.75) is 64.1 Å². The normalized spacial score (nSPS) is 33.0. The van der Waals surface area contributed by atoms with Crippen molar-refractivity contribution in [2.24, 2.45) is 11.3 Å². The minimum atomic E-state index is -1.13. The van der Waals surface area contributed by atoms with Crippen LogP contribution in [0.15, 0.2) is 35.5 Å². The van der Waals surface area contributed by atoms with Crippen molar-refractivity contribution < 1.29 is 42.9 Å². The molecule has 2 aliphatic carbocycles. The molecule has 4 rings (SSSR count). The molecule has 1 saturated carbocycles. The molecule has 10 nitrogen and oxygen atoms in total. The van der Waals surface area contributed by atoms with Crippen molar-refractivity contribution in [3.05, 3.63) is 35.5 Å². The van der Waals surface area contributed by atoms with E-state index >= 15 is 0 Å². The lowest BCUT2D eigenvalue weighted by Gasteiger charge is -2.54. The van der Waals surface area contributed by atoms with Gasteiger partial charge in [-0.05, 0) is 52.0 Å². The summed E-state index contributed by atoms with van der Waals surface area (Å²) in [4.78, 5) is 53.0. The van der Waals surface area contributed by atoms with Crippen LogP contribution in [-0.4, -0.2) is 86.5 Å². The predicted octanol–water partition coefficient (Wildman–Crippen LogP) is 2.66. The Kier molecular flexibility index (Phi) is 8.66. The first kappa shape index (κ1) is 29.0. The number of rotatable bonds is 8. The number of ether oxygens (including phenoxy) is 5. The van der Waals surface area contributed by atoms with E-state index in [1.54, 1.807) is 38.2 Å². The molecular weight excluding hydrogens is 506 g/mol. The maximum absolute atomic E-state index is 13.7. The second-order valence-corrected chi connectivity index (χ2v) is 11.0. The van der Waals surface area contributed by atoms with Crippen LogP contribution in [0.25, 0.3) is 0 Å². The molecule has 2 bridgehead atoms. The molecule has 214 valence electrons. The maximum Gasteiger partial charge on any atom is 0.333 e. The second kappa shape index (κ2) is 11.6. The van der Waals surface area contributed by atoms with E-state index in [1.165, 1.54) is 14.0 Å². The number of allylic oxidation sites excluding steroid dienone is 3. The molecule has 0 aromatic rings. The molecule has 2 saturated heterocycles. The van der Waals surface area contributed by atoms with Gasteiger partial charge in [0.2, 0.25) is 0 Å². The third kappa shape index (κ3) is 5.54. The smallest absolute Gasteiger partial charge is 0.333 e. The molecule has 0 unspecified atom stereocenters. The Labute approximate surface area is 229 Å². The van der Waals surface area contributed by atoms with E-state index in [4.69, 9.17) is 23.7 Å². The molecule has 0 N–H and O–H groups in total. The number of hydrogen-bond acceptors (Lipinski definition) is 10. The number of methoxy groups -OCH3 is 1. The van der Waals surface area contributed by atoms with Crippen LogP contribution in [0, 0.1) is 11.3 Å². The third-order valence-corrected chi connectivity index (χ3v) is 8.70. The molecule has 10 heteroatoms. The number of nitrogens with zero attached hydrogens (tertiary/aromatic N) is 1. The summed E-state index contributed by atoms with van der Waals surface area (Å²) in [6.07, 6.45) is 8.74. The molecule has 39 heavy (non-hydrogen) atoms. The van der Waals surface area contributed by atoms with Gasteiger partial charge >= 0.3 is 23.9 Å². The summed E-state index contributed by atoms with van der Waals surface area (Å²) in [6.45, 7) is 8.77. The summed E-state index contributed by atoms with van der Waals surface area (Å²) in [5, 5.41) is 0. The molecule has 0 aromatic carbocycles. The SMILES string of the molecule is COC(=O)C1=CC[C@@]23CC[C@@H]([C@@](C)(/C=C/C=C(\C)C(=O)OCCN4CCOCC4)OC2=O)[C@@]3(OC(C)=O)CC1. The van der Waals surface area contributed by atoms with E-state index in [0.29, 0.717) is 63.2 Å². The van der Waals surface area contributed by atoms with E-state index in [1.807, 2.05) is 0 Å². The zero-order chi connectivity index (χ0) is 28.3. The van der Waals surface area contributed by atoms with E-state index < -0.39 is 40.5 Å². The van der Waals surface area contributed by atoms with Crippen molar-refractivity contribution in [2.75, 3.05) is 46.6 Å². The van der Waals surface area contributed by atoms with Crippen LogP contribution in [0.4, 0.5) is 0 Å². The van der Waals surface area contributed by atoms with Crippen LogP contribution in [0.2, 0.25) is 0 Å². The number of cyclic esters (lactones) is 1. The van der Waals surface area contributed by atoms with Gasteiger partial charge in [0.25, 0.3) is 0 Å². The number of carbonyl (C=O) groups is 4. The Balaban J connectivity index is 1.50. The molecule has 2 heterocycles. The summed E-state index contributed by atoms with van der Waals surface area (Å²) < 4.78 is 27.8. The average molecular weight is 546 g/mol. The zero-order valence-corrected chi connectivity index (χ0v) is 23.3. The van der Waals surface area contributed by atoms with Gasteiger partial charge in [0.1, 0.15) is 23.2 Å². The number of esters is 4.